The number of nitrogens with zero attached hydrogens (tertiary/aromatic N) is 2. The van der Waals surface area contributed by atoms with Crippen molar-refractivity contribution in [1.82, 2.24) is 15.1 Å². The van der Waals surface area contributed by atoms with Crippen molar-refractivity contribution < 1.29 is 0 Å². The molecule has 0 amide bonds. The predicted molar refractivity (Wildman–Crippen MR) is 87.3 cm³/mol. The van der Waals surface area contributed by atoms with E-state index in [0.717, 1.165) is 27.2 Å². The summed E-state index contributed by atoms with van der Waals surface area (Å²) >= 11 is 9.85. The first-order valence-corrected chi connectivity index (χ1v) is 7.85. The first-order valence-electron chi connectivity index (χ1n) is 6.68. The average molecular weight is 357 g/mol. The molecule has 1 atom stereocenters. The number of benzene rings is 1. The molecular weight excluding hydrogens is 338 g/mol. The lowest BCUT2D eigenvalue weighted by molar-refractivity contribution is 0.515. The lowest BCUT2D eigenvalue weighted by Crippen LogP contribution is -2.19. The Morgan fingerprint density at radius 2 is 2.10 bits per heavy atom. The summed E-state index contributed by atoms with van der Waals surface area (Å²) in [7, 11) is 1.95. The number of rotatable bonds is 5. The quantitative estimate of drug-likeness (QED) is 0.861. The summed E-state index contributed by atoms with van der Waals surface area (Å²) in [4.78, 5) is 0. The minimum Gasteiger partial charge on any atom is -0.313 e. The maximum absolute atomic E-state index is 6.38. The fourth-order valence-corrected chi connectivity index (χ4v) is 2.78. The monoisotopic (exact) mass is 355 g/mol. The highest BCUT2D eigenvalue weighted by Crippen LogP contribution is 2.31. The zero-order valence-electron chi connectivity index (χ0n) is 11.9. The van der Waals surface area contributed by atoms with Gasteiger partial charge >= 0.3 is 0 Å². The van der Waals surface area contributed by atoms with Crippen molar-refractivity contribution in [3.05, 3.63) is 51.2 Å². The maximum Gasteiger partial charge on any atom is 0.0643 e. The molecule has 2 rings (SSSR count). The Kier molecular flexibility index (Phi) is 5.24. The SMILES string of the molecule is CNC(Cc1ccn(C(C)C)n1)c1cccc(Br)c1Cl. The molecule has 0 spiro atoms. The van der Waals surface area contributed by atoms with Gasteiger partial charge < -0.3 is 5.32 Å². The van der Waals surface area contributed by atoms with Gasteiger partial charge in [-0.2, -0.15) is 5.10 Å². The predicted octanol–water partition coefficient (Wildman–Crippen LogP) is 4.38. The molecule has 1 unspecified atom stereocenters. The molecule has 0 fully saturated rings. The lowest BCUT2D eigenvalue weighted by atomic mass is 10.0. The van der Waals surface area contributed by atoms with Crippen LogP contribution in [0.15, 0.2) is 34.9 Å². The highest BCUT2D eigenvalue weighted by molar-refractivity contribution is 9.10. The largest absolute Gasteiger partial charge is 0.313 e. The Labute approximate surface area is 133 Å². The van der Waals surface area contributed by atoms with Crippen LogP contribution >= 0.6 is 27.5 Å². The topological polar surface area (TPSA) is 29.9 Å². The van der Waals surface area contributed by atoms with Gasteiger partial charge in [0, 0.05) is 29.2 Å². The summed E-state index contributed by atoms with van der Waals surface area (Å²) < 4.78 is 2.90. The molecule has 0 aliphatic carbocycles. The molecule has 0 aliphatic rings. The van der Waals surface area contributed by atoms with Gasteiger partial charge in [-0.05, 0) is 54.5 Å². The van der Waals surface area contributed by atoms with E-state index in [1.54, 1.807) is 0 Å². The van der Waals surface area contributed by atoms with Crippen LogP contribution in [0.25, 0.3) is 0 Å². The standard InChI is InChI=1S/C15H19BrClN3/c1-10(2)20-8-7-11(19-20)9-14(18-3)12-5-4-6-13(16)15(12)17/h4-8,10,14,18H,9H2,1-3H3. The van der Waals surface area contributed by atoms with Crippen LogP contribution < -0.4 is 5.32 Å². The van der Waals surface area contributed by atoms with Gasteiger partial charge in [-0.3, -0.25) is 4.68 Å². The Morgan fingerprint density at radius 1 is 1.35 bits per heavy atom. The number of likely N-dealkylation sites (N-methyl/N-ethyl adjacent to an activating group) is 1. The van der Waals surface area contributed by atoms with Crippen LogP contribution in [0.5, 0.6) is 0 Å². The van der Waals surface area contributed by atoms with E-state index in [-0.39, 0.29) is 6.04 Å². The molecule has 108 valence electrons. The fourth-order valence-electron chi connectivity index (χ4n) is 2.14. The molecule has 1 N–H and O–H groups in total. The summed E-state index contributed by atoms with van der Waals surface area (Å²) in [6.45, 7) is 4.25. The molecule has 20 heavy (non-hydrogen) atoms. The Balaban J connectivity index is 2.22. The number of hydrogen-bond acceptors (Lipinski definition) is 2. The van der Waals surface area contributed by atoms with Crippen LogP contribution in [0.2, 0.25) is 5.02 Å². The molecule has 5 heteroatoms. The molecular formula is C15H19BrClN3. The van der Waals surface area contributed by atoms with Gasteiger partial charge in [0.05, 0.1) is 10.7 Å². The van der Waals surface area contributed by atoms with Gasteiger partial charge in [0.1, 0.15) is 0 Å². The molecule has 1 heterocycles. The van der Waals surface area contributed by atoms with Gasteiger partial charge in [0.2, 0.25) is 0 Å². The third kappa shape index (κ3) is 3.43. The van der Waals surface area contributed by atoms with Gasteiger partial charge in [-0.15, -0.1) is 0 Å². The van der Waals surface area contributed by atoms with Crippen LogP contribution in [0, 0.1) is 0 Å². The smallest absolute Gasteiger partial charge is 0.0643 e. The number of halogens is 2. The van der Waals surface area contributed by atoms with E-state index in [1.807, 2.05) is 36.1 Å². The van der Waals surface area contributed by atoms with E-state index >= 15 is 0 Å². The van der Waals surface area contributed by atoms with E-state index in [0.29, 0.717) is 6.04 Å². The van der Waals surface area contributed by atoms with Gasteiger partial charge in [0.15, 0.2) is 0 Å². The van der Waals surface area contributed by atoms with E-state index < -0.39 is 0 Å². The average Bonchev–Trinajstić information content (AvgIpc) is 2.88. The summed E-state index contributed by atoms with van der Waals surface area (Å²) in [6, 6.07) is 8.60. The van der Waals surface area contributed by atoms with Crippen molar-refractivity contribution in [2.24, 2.45) is 0 Å². The third-order valence-corrected chi connectivity index (χ3v) is 4.62. The second-order valence-electron chi connectivity index (χ2n) is 5.07. The summed E-state index contributed by atoms with van der Waals surface area (Å²) in [5.74, 6) is 0. The molecule has 0 aliphatic heterocycles. The number of hydrogen-bond donors (Lipinski definition) is 1. The molecule has 2 aromatic rings. The van der Waals surface area contributed by atoms with Crippen molar-refractivity contribution in [1.29, 1.82) is 0 Å². The highest BCUT2D eigenvalue weighted by atomic mass is 79.9. The zero-order valence-corrected chi connectivity index (χ0v) is 14.2. The van der Waals surface area contributed by atoms with Crippen LogP contribution in [-0.4, -0.2) is 16.8 Å². The fraction of sp³-hybridized carbons (Fsp3) is 0.400. The second-order valence-corrected chi connectivity index (χ2v) is 6.30. The van der Waals surface area contributed by atoms with Gasteiger partial charge in [-0.25, -0.2) is 0 Å². The molecule has 1 aromatic carbocycles. The molecule has 0 saturated heterocycles. The summed E-state index contributed by atoms with van der Waals surface area (Å²) in [5.41, 5.74) is 2.15. The normalized spacial score (nSPS) is 12.9. The Hall–Kier alpha value is -0.840. The highest BCUT2D eigenvalue weighted by Gasteiger charge is 2.16. The van der Waals surface area contributed by atoms with E-state index in [2.05, 4.69) is 46.3 Å². The number of nitrogens with one attached hydrogen (secondary N) is 1. The van der Waals surface area contributed by atoms with E-state index in [1.165, 1.54) is 0 Å². The maximum atomic E-state index is 6.38. The van der Waals surface area contributed by atoms with Crippen LogP contribution in [0.4, 0.5) is 0 Å². The summed E-state index contributed by atoms with van der Waals surface area (Å²) in [6.07, 6.45) is 2.83. The van der Waals surface area contributed by atoms with E-state index in [9.17, 15) is 0 Å². The Morgan fingerprint density at radius 3 is 2.70 bits per heavy atom. The Bertz CT molecular complexity index is 580. The van der Waals surface area contributed by atoms with Crippen LogP contribution in [0.3, 0.4) is 0 Å². The second kappa shape index (κ2) is 6.74. The van der Waals surface area contributed by atoms with E-state index in [4.69, 9.17) is 11.6 Å². The van der Waals surface area contributed by atoms with Crippen LogP contribution in [0.1, 0.15) is 37.2 Å². The van der Waals surface area contributed by atoms with Crippen molar-refractivity contribution >= 4 is 27.5 Å². The van der Waals surface area contributed by atoms with Crippen molar-refractivity contribution in [2.75, 3.05) is 7.05 Å². The minimum atomic E-state index is 0.149. The lowest BCUT2D eigenvalue weighted by Gasteiger charge is -2.17. The molecule has 0 saturated carbocycles. The summed E-state index contributed by atoms with van der Waals surface area (Å²) in [5, 5.41) is 8.68. The first kappa shape index (κ1) is 15.5. The minimum absolute atomic E-state index is 0.149. The zero-order chi connectivity index (χ0) is 14.7. The molecule has 0 bridgehead atoms. The third-order valence-electron chi connectivity index (χ3n) is 3.31. The van der Waals surface area contributed by atoms with Gasteiger partial charge in [-0.1, -0.05) is 23.7 Å². The number of aromatic nitrogens is 2. The van der Waals surface area contributed by atoms with Gasteiger partial charge in [0.25, 0.3) is 0 Å². The first-order chi connectivity index (χ1) is 9.52. The van der Waals surface area contributed by atoms with Crippen molar-refractivity contribution in [3.8, 4) is 0 Å². The molecule has 3 nitrogen and oxygen atoms in total. The van der Waals surface area contributed by atoms with Crippen molar-refractivity contribution in [2.45, 2.75) is 32.4 Å². The molecule has 0 radical (unpaired) electrons. The van der Waals surface area contributed by atoms with Crippen molar-refractivity contribution in [3.63, 3.8) is 0 Å². The molecule has 1 aromatic heterocycles. The van der Waals surface area contributed by atoms with Crippen LogP contribution in [-0.2, 0) is 6.42 Å².